The first-order valence-corrected chi connectivity index (χ1v) is 4.72. The number of aliphatic hydroxyl groups excluding tert-OH is 1. The van der Waals surface area contributed by atoms with Crippen molar-refractivity contribution in [1.82, 2.24) is 4.90 Å². The summed E-state index contributed by atoms with van der Waals surface area (Å²) in [5.74, 6) is 1.37. The van der Waals surface area contributed by atoms with Crippen LogP contribution in [0.5, 0.6) is 0 Å². The molecule has 0 aliphatic heterocycles. The minimum atomic E-state index is -0.0405. The van der Waals surface area contributed by atoms with Crippen molar-refractivity contribution in [3.05, 3.63) is 17.4 Å². The second-order valence-corrected chi connectivity index (χ2v) is 3.61. The number of nitrogens with one attached hydrogen (secondary N) is 1. The van der Waals surface area contributed by atoms with E-state index in [2.05, 4.69) is 10.2 Å². The lowest BCUT2D eigenvalue weighted by Crippen LogP contribution is -2.20. The Labute approximate surface area is 84.5 Å². The zero-order valence-corrected chi connectivity index (χ0v) is 9.00. The van der Waals surface area contributed by atoms with Gasteiger partial charge in [-0.2, -0.15) is 0 Å². The third kappa shape index (κ3) is 3.05. The monoisotopic (exact) mass is 198 g/mol. The van der Waals surface area contributed by atoms with Crippen LogP contribution in [0, 0.1) is 6.92 Å². The first kappa shape index (κ1) is 11.1. The molecule has 0 saturated heterocycles. The Morgan fingerprint density at radius 3 is 2.71 bits per heavy atom. The van der Waals surface area contributed by atoms with Crippen LogP contribution in [0.3, 0.4) is 0 Å². The molecular weight excluding hydrogens is 180 g/mol. The van der Waals surface area contributed by atoms with Crippen LogP contribution < -0.4 is 5.32 Å². The zero-order valence-electron chi connectivity index (χ0n) is 9.00. The lowest BCUT2D eigenvalue weighted by atomic mass is 10.3. The standard InChI is InChI=1S/C10H18N2O2/c1-8-6-10(14-9(8)7-13)11-4-5-12(2)3/h6,11,13H,4-5,7H2,1-3H3. The summed E-state index contributed by atoms with van der Waals surface area (Å²) in [6.07, 6.45) is 0. The van der Waals surface area contributed by atoms with Gasteiger partial charge < -0.3 is 19.7 Å². The number of rotatable bonds is 5. The summed E-state index contributed by atoms with van der Waals surface area (Å²) >= 11 is 0. The summed E-state index contributed by atoms with van der Waals surface area (Å²) in [4.78, 5) is 2.09. The molecule has 4 nitrogen and oxygen atoms in total. The van der Waals surface area contributed by atoms with Crippen molar-refractivity contribution < 1.29 is 9.52 Å². The predicted molar refractivity (Wildman–Crippen MR) is 56.4 cm³/mol. The Hall–Kier alpha value is -1.00. The highest BCUT2D eigenvalue weighted by Crippen LogP contribution is 2.18. The van der Waals surface area contributed by atoms with Crippen molar-refractivity contribution in [2.75, 3.05) is 32.5 Å². The molecule has 0 saturated carbocycles. The minimum Gasteiger partial charge on any atom is -0.443 e. The molecule has 0 atom stereocenters. The fraction of sp³-hybridized carbons (Fsp3) is 0.600. The summed E-state index contributed by atoms with van der Waals surface area (Å²) in [5, 5.41) is 12.1. The number of aliphatic hydroxyl groups is 1. The van der Waals surface area contributed by atoms with E-state index < -0.39 is 0 Å². The number of anilines is 1. The largest absolute Gasteiger partial charge is 0.443 e. The summed E-state index contributed by atoms with van der Waals surface area (Å²) in [7, 11) is 4.04. The number of furan rings is 1. The van der Waals surface area contributed by atoms with E-state index in [0.29, 0.717) is 5.76 Å². The molecule has 0 bridgehead atoms. The molecule has 14 heavy (non-hydrogen) atoms. The second-order valence-electron chi connectivity index (χ2n) is 3.61. The van der Waals surface area contributed by atoms with Gasteiger partial charge in [0.15, 0.2) is 5.88 Å². The summed E-state index contributed by atoms with van der Waals surface area (Å²) in [6, 6.07) is 1.90. The van der Waals surface area contributed by atoms with Crippen molar-refractivity contribution in [2.45, 2.75) is 13.5 Å². The Bertz CT molecular complexity index is 282. The molecule has 80 valence electrons. The van der Waals surface area contributed by atoms with Crippen molar-refractivity contribution >= 4 is 5.88 Å². The number of hydrogen-bond donors (Lipinski definition) is 2. The average molecular weight is 198 g/mol. The molecule has 1 heterocycles. The van der Waals surface area contributed by atoms with Crippen LogP contribution in [-0.2, 0) is 6.61 Å². The van der Waals surface area contributed by atoms with Crippen LogP contribution in [0.15, 0.2) is 10.5 Å². The Morgan fingerprint density at radius 1 is 1.50 bits per heavy atom. The van der Waals surface area contributed by atoms with E-state index in [1.165, 1.54) is 0 Å². The highest BCUT2D eigenvalue weighted by molar-refractivity contribution is 5.37. The molecule has 0 aromatic carbocycles. The molecule has 0 fully saturated rings. The van der Waals surface area contributed by atoms with Gasteiger partial charge in [-0.3, -0.25) is 0 Å². The SMILES string of the molecule is Cc1cc(NCCN(C)C)oc1CO. The maximum absolute atomic E-state index is 8.92. The maximum Gasteiger partial charge on any atom is 0.193 e. The molecule has 1 aromatic heterocycles. The number of nitrogens with zero attached hydrogens (tertiary/aromatic N) is 1. The summed E-state index contributed by atoms with van der Waals surface area (Å²) in [5.41, 5.74) is 0.986. The molecule has 1 aromatic rings. The summed E-state index contributed by atoms with van der Waals surface area (Å²) in [6.45, 7) is 3.67. The van der Waals surface area contributed by atoms with Gasteiger partial charge >= 0.3 is 0 Å². The molecule has 0 aliphatic rings. The van der Waals surface area contributed by atoms with E-state index in [1.807, 2.05) is 27.1 Å². The molecule has 2 N–H and O–H groups in total. The van der Waals surface area contributed by atoms with Gasteiger partial charge in [0.05, 0.1) is 0 Å². The number of likely N-dealkylation sites (N-methyl/N-ethyl adjacent to an activating group) is 1. The Kier molecular flexibility index (Phi) is 3.98. The highest BCUT2D eigenvalue weighted by atomic mass is 16.4. The van der Waals surface area contributed by atoms with Crippen molar-refractivity contribution in [1.29, 1.82) is 0 Å². The van der Waals surface area contributed by atoms with Gasteiger partial charge in [-0.15, -0.1) is 0 Å². The Morgan fingerprint density at radius 2 is 2.21 bits per heavy atom. The van der Waals surface area contributed by atoms with Gasteiger partial charge in [0.25, 0.3) is 0 Å². The van der Waals surface area contributed by atoms with E-state index in [-0.39, 0.29) is 6.61 Å². The van der Waals surface area contributed by atoms with Crippen molar-refractivity contribution in [3.8, 4) is 0 Å². The predicted octanol–water partition coefficient (Wildman–Crippen LogP) is 1.05. The first-order chi connectivity index (χ1) is 6.63. The Balaban J connectivity index is 2.43. The third-order valence-corrected chi connectivity index (χ3v) is 2.02. The lowest BCUT2D eigenvalue weighted by Gasteiger charge is -2.09. The second kappa shape index (κ2) is 5.02. The van der Waals surface area contributed by atoms with E-state index in [1.54, 1.807) is 0 Å². The van der Waals surface area contributed by atoms with Gasteiger partial charge in [0, 0.05) is 19.2 Å². The maximum atomic E-state index is 8.92. The van der Waals surface area contributed by atoms with Gasteiger partial charge in [0.2, 0.25) is 0 Å². The first-order valence-electron chi connectivity index (χ1n) is 4.72. The van der Waals surface area contributed by atoms with E-state index in [4.69, 9.17) is 9.52 Å². The van der Waals surface area contributed by atoms with Crippen LogP contribution >= 0.6 is 0 Å². The van der Waals surface area contributed by atoms with Crippen LogP contribution in [-0.4, -0.2) is 37.2 Å². The molecule has 0 unspecified atom stereocenters. The molecule has 0 amide bonds. The van der Waals surface area contributed by atoms with Crippen LogP contribution in [0.1, 0.15) is 11.3 Å². The van der Waals surface area contributed by atoms with E-state index >= 15 is 0 Å². The summed E-state index contributed by atoms with van der Waals surface area (Å²) < 4.78 is 5.37. The minimum absolute atomic E-state index is 0.0405. The lowest BCUT2D eigenvalue weighted by molar-refractivity contribution is 0.247. The van der Waals surface area contributed by atoms with Gasteiger partial charge in [-0.05, 0) is 26.6 Å². The van der Waals surface area contributed by atoms with Crippen LogP contribution in [0.4, 0.5) is 5.88 Å². The van der Waals surface area contributed by atoms with Crippen molar-refractivity contribution in [2.24, 2.45) is 0 Å². The normalized spacial score (nSPS) is 10.9. The number of hydrogen-bond acceptors (Lipinski definition) is 4. The van der Waals surface area contributed by atoms with Gasteiger partial charge in [0.1, 0.15) is 12.4 Å². The van der Waals surface area contributed by atoms with E-state index in [0.717, 1.165) is 24.5 Å². The highest BCUT2D eigenvalue weighted by Gasteiger charge is 2.05. The molecule has 0 aliphatic carbocycles. The van der Waals surface area contributed by atoms with Crippen LogP contribution in [0.2, 0.25) is 0 Å². The fourth-order valence-corrected chi connectivity index (χ4v) is 1.17. The quantitative estimate of drug-likeness (QED) is 0.742. The number of aryl methyl sites for hydroxylation is 1. The van der Waals surface area contributed by atoms with Gasteiger partial charge in [-0.1, -0.05) is 0 Å². The molecule has 0 radical (unpaired) electrons. The van der Waals surface area contributed by atoms with E-state index in [9.17, 15) is 0 Å². The zero-order chi connectivity index (χ0) is 10.6. The topological polar surface area (TPSA) is 48.6 Å². The molecule has 0 spiro atoms. The van der Waals surface area contributed by atoms with Crippen LogP contribution in [0.25, 0.3) is 0 Å². The molecular formula is C10H18N2O2. The smallest absolute Gasteiger partial charge is 0.193 e. The van der Waals surface area contributed by atoms with Gasteiger partial charge in [-0.25, -0.2) is 0 Å². The third-order valence-electron chi connectivity index (χ3n) is 2.02. The van der Waals surface area contributed by atoms with Crippen molar-refractivity contribution in [3.63, 3.8) is 0 Å². The fourth-order valence-electron chi connectivity index (χ4n) is 1.17. The molecule has 4 heteroatoms. The molecule has 1 rings (SSSR count). The average Bonchev–Trinajstić information content (AvgIpc) is 2.45.